The first-order chi connectivity index (χ1) is 10.7. The third-order valence-corrected chi connectivity index (χ3v) is 4.47. The third kappa shape index (κ3) is 3.34. The van der Waals surface area contributed by atoms with Crippen LogP contribution in [-0.4, -0.2) is 17.3 Å². The fourth-order valence-corrected chi connectivity index (χ4v) is 2.92. The molecule has 122 valence electrons. The average molecular weight is 312 g/mol. The van der Waals surface area contributed by atoms with Gasteiger partial charge in [0.2, 0.25) is 11.6 Å². The number of carbonyl (C=O) groups excluding carboxylic acids is 3. The molecule has 0 fully saturated rings. The van der Waals surface area contributed by atoms with E-state index in [1.807, 2.05) is 52.8 Å². The third-order valence-electron chi connectivity index (χ3n) is 4.47. The van der Waals surface area contributed by atoms with Gasteiger partial charge in [-0.2, -0.15) is 0 Å². The molecule has 1 aromatic rings. The van der Waals surface area contributed by atoms with Gasteiger partial charge in [-0.25, -0.2) is 0 Å². The van der Waals surface area contributed by atoms with E-state index in [1.165, 1.54) is 0 Å². The number of hydrogen-bond donors (Lipinski definition) is 0. The number of fused-ring (bicyclic) bond motifs is 1. The van der Waals surface area contributed by atoms with Gasteiger partial charge in [0.05, 0.1) is 0 Å². The van der Waals surface area contributed by atoms with Crippen LogP contribution in [0.3, 0.4) is 0 Å². The zero-order chi connectivity index (χ0) is 17.3. The summed E-state index contributed by atoms with van der Waals surface area (Å²) < 4.78 is 0. The number of hydrogen-bond acceptors (Lipinski definition) is 3. The Morgan fingerprint density at radius 2 is 1.70 bits per heavy atom. The summed E-state index contributed by atoms with van der Waals surface area (Å²) in [5.41, 5.74) is 3.67. The molecule has 3 nitrogen and oxygen atoms in total. The molecule has 0 radical (unpaired) electrons. The highest BCUT2D eigenvalue weighted by atomic mass is 16.2. The van der Waals surface area contributed by atoms with E-state index in [4.69, 9.17) is 0 Å². The van der Waals surface area contributed by atoms with E-state index in [0.717, 1.165) is 16.7 Å². The normalized spacial score (nSPS) is 14.3. The van der Waals surface area contributed by atoms with Crippen LogP contribution in [0.4, 0.5) is 0 Å². The Morgan fingerprint density at radius 1 is 1.04 bits per heavy atom. The first-order valence-corrected chi connectivity index (χ1v) is 8.19. The molecule has 0 atom stereocenters. The van der Waals surface area contributed by atoms with Crippen molar-refractivity contribution in [3.8, 4) is 0 Å². The van der Waals surface area contributed by atoms with Crippen molar-refractivity contribution in [1.82, 2.24) is 0 Å². The van der Waals surface area contributed by atoms with Crippen LogP contribution in [0.15, 0.2) is 17.7 Å². The summed E-state index contributed by atoms with van der Waals surface area (Å²) in [4.78, 5) is 36.9. The molecule has 0 aliphatic heterocycles. The number of benzene rings is 1. The summed E-state index contributed by atoms with van der Waals surface area (Å²) in [6.07, 6.45) is 2.74. The minimum Gasteiger partial charge on any atom is -0.299 e. The van der Waals surface area contributed by atoms with E-state index in [2.05, 4.69) is 0 Å². The van der Waals surface area contributed by atoms with Crippen LogP contribution in [0.5, 0.6) is 0 Å². The molecule has 0 bridgehead atoms. The highest BCUT2D eigenvalue weighted by Gasteiger charge is 2.31. The fraction of sp³-hybridized carbons (Fsp3) is 0.450. The molecule has 2 rings (SSSR count). The Hall–Kier alpha value is -2.03. The van der Waals surface area contributed by atoms with Crippen LogP contribution >= 0.6 is 0 Å². The lowest BCUT2D eigenvalue weighted by atomic mass is 9.80. The molecule has 0 saturated heterocycles. The van der Waals surface area contributed by atoms with E-state index >= 15 is 0 Å². The van der Waals surface area contributed by atoms with Gasteiger partial charge in [0.15, 0.2) is 0 Å². The molecule has 1 aliphatic rings. The van der Waals surface area contributed by atoms with E-state index in [-0.39, 0.29) is 17.6 Å². The molecule has 1 aromatic carbocycles. The first kappa shape index (κ1) is 17.3. The largest absolute Gasteiger partial charge is 0.299 e. The quantitative estimate of drug-likeness (QED) is 0.773. The molecule has 0 heterocycles. The van der Waals surface area contributed by atoms with Crippen molar-refractivity contribution in [3.05, 3.63) is 40.0 Å². The number of rotatable bonds is 5. The number of aryl methyl sites for hydroxylation is 1. The fourth-order valence-electron chi connectivity index (χ4n) is 2.92. The maximum atomic E-state index is 12.6. The molecule has 0 aromatic heterocycles. The monoisotopic (exact) mass is 312 g/mol. The highest BCUT2D eigenvalue weighted by Crippen LogP contribution is 2.30. The van der Waals surface area contributed by atoms with Crippen molar-refractivity contribution in [3.63, 3.8) is 0 Å². The molecule has 0 amide bonds. The van der Waals surface area contributed by atoms with Crippen LogP contribution in [0.25, 0.3) is 6.08 Å². The lowest BCUT2D eigenvalue weighted by molar-refractivity contribution is -0.121. The van der Waals surface area contributed by atoms with Crippen LogP contribution in [-0.2, 0) is 16.0 Å². The summed E-state index contributed by atoms with van der Waals surface area (Å²) >= 11 is 0. The SMILES string of the molecule is Cc1ccc2c(c1CCC(=O)C(C)C)C(=O)C(=O)C(C(C)C)=C2. The smallest absolute Gasteiger partial charge is 0.234 e. The summed E-state index contributed by atoms with van der Waals surface area (Å²) in [5.74, 6) is -0.655. The molecular weight excluding hydrogens is 288 g/mol. The molecule has 0 N–H and O–H groups in total. The van der Waals surface area contributed by atoms with Gasteiger partial charge in [-0.1, -0.05) is 39.8 Å². The molecule has 23 heavy (non-hydrogen) atoms. The van der Waals surface area contributed by atoms with Crippen molar-refractivity contribution in [2.75, 3.05) is 0 Å². The number of Topliss-reactive ketones (excluding diaryl/α,β-unsaturated/α-hetero) is 3. The van der Waals surface area contributed by atoms with Gasteiger partial charge < -0.3 is 0 Å². The van der Waals surface area contributed by atoms with Gasteiger partial charge in [-0.3, -0.25) is 14.4 Å². The molecule has 0 spiro atoms. The maximum Gasteiger partial charge on any atom is 0.234 e. The van der Waals surface area contributed by atoms with Gasteiger partial charge in [-0.05, 0) is 42.0 Å². The minimum absolute atomic E-state index is 0.0142. The molecule has 0 unspecified atom stereocenters. The van der Waals surface area contributed by atoms with Gasteiger partial charge in [0.25, 0.3) is 0 Å². The Labute approximate surface area is 137 Å². The van der Waals surface area contributed by atoms with Gasteiger partial charge in [-0.15, -0.1) is 0 Å². The van der Waals surface area contributed by atoms with Crippen molar-refractivity contribution >= 4 is 23.4 Å². The van der Waals surface area contributed by atoms with E-state index in [9.17, 15) is 14.4 Å². The zero-order valence-electron chi connectivity index (χ0n) is 14.5. The second-order valence-electron chi connectivity index (χ2n) is 6.86. The maximum absolute atomic E-state index is 12.6. The lowest BCUT2D eigenvalue weighted by Gasteiger charge is -2.21. The van der Waals surface area contributed by atoms with Gasteiger partial charge in [0.1, 0.15) is 5.78 Å². The standard InChI is InChI=1S/C20H24O3/c1-11(2)16-10-14-7-6-13(5)15(8-9-17(21)12(3)4)18(14)20(23)19(16)22/h6-7,10-12H,8-9H2,1-5H3. The Morgan fingerprint density at radius 3 is 2.26 bits per heavy atom. The molecule has 3 heteroatoms. The number of allylic oxidation sites excluding steroid dienone is 1. The Balaban J connectivity index is 2.48. The van der Waals surface area contributed by atoms with Gasteiger partial charge >= 0.3 is 0 Å². The minimum atomic E-state index is -0.429. The zero-order valence-corrected chi connectivity index (χ0v) is 14.5. The summed E-state index contributed by atoms with van der Waals surface area (Å²) in [5, 5.41) is 0. The van der Waals surface area contributed by atoms with Crippen LogP contribution in [0.2, 0.25) is 0 Å². The van der Waals surface area contributed by atoms with Gasteiger partial charge in [0, 0.05) is 23.5 Å². The number of carbonyl (C=O) groups is 3. The first-order valence-electron chi connectivity index (χ1n) is 8.19. The van der Waals surface area contributed by atoms with Crippen molar-refractivity contribution in [1.29, 1.82) is 0 Å². The van der Waals surface area contributed by atoms with Crippen LogP contribution in [0.1, 0.15) is 61.2 Å². The van der Waals surface area contributed by atoms with Crippen LogP contribution in [0, 0.1) is 18.8 Å². The Bertz CT molecular complexity index is 706. The van der Waals surface area contributed by atoms with Crippen molar-refractivity contribution < 1.29 is 14.4 Å². The predicted molar refractivity (Wildman–Crippen MR) is 91.5 cm³/mol. The molecular formula is C20H24O3. The summed E-state index contributed by atoms with van der Waals surface area (Å²) in [7, 11) is 0. The van der Waals surface area contributed by atoms with E-state index in [0.29, 0.717) is 24.0 Å². The van der Waals surface area contributed by atoms with Crippen molar-refractivity contribution in [2.24, 2.45) is 11.8 Å². The van der Waals surface area contributed by atoms with E-state index < -0.39 is 11.6 Å². The lowest BCUT2D eigenvalue weighted by Crippen LogP contribution is -2.26. The van der Waals surface area contributed by atoms with Crippen LogP contribution < -0.4 is 0 Å². The topological polar surface area (TPSA) is 51.2 Å². The average Bonchev–Trinajstić information content (AvgIpc) is 2.49. The predicted octanol–water partition coefficient (Wildman–Crippen LogP) is 3.96. The molecule has 1 aliphatic carbocycles. The van der Waals surface area contributed by atoms with Crippen molar-refractivity contribution in [2.45, 2.75) is 47.5 Å². The summed E-state index contributed by atoms with van der Waals surface area (Å²) in [6.45, 7) is 9.51. The highest BCUT2D eigenvalue weighted by molar-refractivity contribution is 6.52. The molecule has 0 saturated carbocycles. The summed E-state index contributed by atoms with van der Waals surface area (Å²) in [6, 6.07) is 3.86. The second-order valence-corrected chi connectivity index (χ2v) is 6.86. The number of ketones is 3. The van der Waals surface area contributed by atoms with E-state index in [1.54, 1.807) is 0 Å². The second kappa shape index (κ2) is 6.61. The Kier molecular flexibility index (Phi) is 4.98.